The van der Waals surface area contributed by atoms with Crippen molar-refractivity contribution in [2.45, 2.75) is 0 Å². The molecule has 1 saturated heterocycles. The van der Waals surface area contributed by atoms with E-state index >= 15 is 0 Å². The monoisotopic (exact) mass is 225 g/mol. The van der Waals surface area contributed by atoms with Gasteiger partial charge < -0.3 is 15.0 Å². The number of hydrogen-bond donors (Lipinski definition) is 1. The van der Waals surface area contributed by atoms with Crippen LogP contribution in [0.2, 0.25) is 0 Å². The normalized spacial score (nSPS) is 15.9. The van der Waals surface area contributed by atoms with Crippen molar-refractivity contribution >= 4 is 6.09 Å². The third-order valence-electron chi connectivity index (χ3n) is 2.26. The standard InChI is InChI=1S/C10H12FN3O2/c11-8-1-2-13-9(7-8)16-10(15)14-5-3-12-4-6-14/h1-2,7,12H,3-6H2. The van der Waals surface area contributed by atoms with Gasteiger partial charge in [-0.1, -0.05) is 0 Å². The summed E-state index contributed by atoms with van der Waals surface area (Å²) in [4.78, 5) is 16.9. The number of aromatic nitrogens is 1. The number of pyridine rings is 1. The Labute approximate surface area is 92.2 Å². The molecule has 16 heavy (non-hydrogen) atoms. The number of carbonyl (C=O) groups is 1. The van der Waals surface area contributed by atoms with Crippen molar-refractivity contribution in [3.8, 4) is 5.88 Å². The highest BCUT2D eigenvalue weighted by atomic mass is 19.1. The summed E-state index contributed by atoms with van der Waals surface area (Å²) < 4.78 is 17.7. The number of piperazine rings is 1. The van der Waals surface area contributed by atoms with E-state index < -0.39 is 11.9 Å². The average Bonchev–Trinajstić information content (AvgIpc) is 2.30. The van der Waals surface area contributed by atoms with Gasteiger partial charge in [-0.25, -0.2) is 14.2 Å². The van der Waals surface area contributed by atoms with Gasteiger partial charge in [0.05, 0.1) is 0 Å². The van der Waals surface area contributed by atoms with Crippen molar-refractivity contribution in [2.75, 3.05) is 26.2 Å². The molecular weight excluding hydrogens is 213 g/mol. The summed E-state index contributed by atoms with van der Waals surface area (Å²) >= 11 is 0. The first kappa shape index (κ1) is 10.8. The molecule has 2 rings (SSSR count). The van der Waals surface area contributed by atoms with Gasteiger partial charge in [0.2, 0.25) is 5.88 Å². The Morgan fingerprint density at radius 2 is 2.25 bits per heavy atom. The van der Waals surface area contributed by atoms with Crippen molar-refractivity contribution in [2.24, 2.45) is 0 Å². The topological polar surface area (TPSA) is 54.5 Å². The second-order valence-electron chi connectivity index (χ2n) is 3.42. The largest absolute Gasteiger partial charge is 0.416 e. The minimum absolute atomic E-state index is 0.0106. The van der Waals surface area contributed by atoms with E-state index in [0.29, 0.717) is 13.1 Å². The van der Waals surface area contributed by atoms with Crippen LogP contribution in [0.4, 0.5) is 9.18 Å². The Morgan fingerprint density at radius 3 is 2.94 bits per heavy atom. The number of amides is 1. The van der Waals surface area contributed by atoms with E-state index in [0.717, 1.165) is 19.2 Å². The molecule has 1 aliphatic heterocycles. The Hall–Kier alpha value is -1.69. The molecule has 0 radical (unpaired) electrons. The molecule has 1 aromatic heterocycles. The van der Waals surface area contributed by atoms with Crippen molar-refractivity contribution in [3.05, 3.63) is 24.1 Å². The predicted octanol–water partition coefficient (Wildman–Crippen LogP) is 0.625. The Kier molecular flexibility index (Phi) is 3.31. The maximum atomic E-state index is 12.8. The summed E-state index contributed by atoms with van der Waals surface area (Å²) in [5.41, 5.74) is 0. The lowest BCUT2D eigenvalue weighted by molar-refractivity contribution is 0.144. The lowest BCUT2D eigenvalue weighted by atomic mass is 10.4. The van der Waals surface area contributed by atoms with Gasteiger partial charge in [-0.2, -0.15) is 0 Å². The molecule has 0 spiro atoms. The van der Waals surface area contributed by atoms with E-state index in [4.69, 9.17) is 4.74 Å². The highest BCUT2D eigenvalue weighted by molar-refractivity contribution is 5.70. The summed E-state index contributed by atoms with van der Waals surface area (Å²) in [5, 5.41) is 3.12. The van der Waals surface area contributed by atoms with Crippen molar-refractivity contribution in [3.63, 3.8) is 0 Å². The molecule has 0 aromatic carbocycles. The number of rotatable bonds is 1. The SMILES string of the molecule is O=C(Oc1cc(F)ccn1)N1CCNCC1. The first-order valence-electron chi connectivity index (χ1n) is 5.05. The second kappa shape index (κ2) is 4.89. The summed E-state index contributed by atoms with van der Waals surface area (Å²) in [5.74, 6) is -0.485. The molecule has 1 amide bonds. The zero-order valence-electron chi connectivity index (χ0n) is 8.65. The molecule has 0 unspecified atom stereocenters. The van der Waals surface area contributed by atoms with Crippen LogP contribution < -0.4 is 10.1 Å². The minimum Gasteiger partial charge on any atom is -0.391 e. The molecule has 1 fully saturated rings. The molecule has 1 aliphatic rings. The van der Waals surface area contributed by atoms with Crippen molar-refractivity contribution < 1.29 is 13.9 Å². The first-order chi connectivity index (χ1) is 7.75. The predicted molar refractivity (Wildman–Crippen MR) is 54.7 cm³/mol. The van der Waals surface area contributed by atoms with E-state index in [9.17, 15) is 9.18 Å². The Bertz CT molecular complexity index is 380. The zero-order chi connectivity index (χ0) is 11.4. The summed E-state index contributed by atoms with van der Waals surface area (Å²) in [7, 11) is 0. The Balaban J connectivity index is 1.96. The molecule has 0 bridgehead atoms. The molecule has 0 atom stereocenters. The highest BCUT2D eigenvalue weighted by Crippen LogP contribution is 2.09. The number of nitrogens with zero attached hydrogens (tertiary/aromatic N) is 2. The van der Waals surface area contributed by atoms with Gasteiger partial charge in [-0.3, -0.25) is 0 Å². The van der Waals surface area contributed by atoms with E-state index in [-0.39, 0.29) is 5.88 Å². The average molecular weight is 225 g/mol. The van der Waals surface area contributed by atoms with E-state index in [1.165, 1.54) is 12.3 Å². The van der Waals surface area contributed by atoms with Gasteiger partial charge in [0, 0.05) is 38.4 Å². The second-order valence-corrected chi connectivity index (χ2v) is 3.42. The smallest absolute Gasteiger partial charge is 0.391 e. The van der Waals surface area contributed by atoms with Gasteiger partial charge in [-0.15, -0.1) is 0 Å². The number of halogens is 1. The maximum Gasteiger partial charge on any atom is 0.416 e. The van der Waals surface area contributed by atoms with Gasteiger partial charge in [0.1, 0.15) is 5.82 Å². The fourth-order valence-corrected chi connectivity index (χ4v) is 1.44. The summed E-state index contributed by atoms with van der Waals surface area (Å²) in [6.07, 6.45) is 0.773. The molecule has 5 nitrogen and oxygen atoms in total. The van der Waals surface area contributed by atoms with Crippen LogP contribution in [0.5, 0.6) is 5.88 Å². The molecule has 86 valence electrons. The van der Waals surface area contributed by atoms with Crippen LogP contribution in [0.1, 0.15) is 0 Å². The summed E-state index contributed by atoms with van der Waals surface area (Å²) in [6, 6.07) is 2.28. The van der Waals surface area contributed by atoms with Crippen LogP contribution in [0.15, 0.2) is 18.3 Å². The highest BCUT2D eigenvalue weighted by Gasteiger charge is 2.18. The van der Waals surface area contributed by atoms with Gasteiger partial charge >= 0.3 is 6.09 Å². The van der Waals surface area contributed by atoms with Crippen molar-refractivity contribution in [1.29, 1.82) is 0 Å². The number of carbonyl (C=O) groups excluding carboxylic acids is 1. The van der Waals surface area contributed by atoms with Gasteiger partial charge in [-0.05, 0) is 6.07 Å². The third kappa shape index (κ3) is 2.66. The molecule has 1 aromatic rings. The number of ether oxygens (including phenoxy) is 1. The number of hydrogen-bond acceptors (Lipinski definition) is 4. The maximum absolute atomic E-state index is 12.8. The van der Waals surface area contributed by atoms with Gasteiger partial charge in [0.25, 0.3) is 0 Å². The fraction of sp³-hybridized carbons (Fsp3) is 0.400. The molecule has 0 aliphatic carbocycles. The van der Waals surface area contributed by atoms with Crippen molar-refractivity contribution in [1.82, 2.24) is 15.2 Å². The quantitative estimate of drug-likeness (QED) is 0.761. The first-order valence-corrected chi connectivity index (χ1v) is 5.05. The lowest BCUT2D eigenvalue weighted by Crippen LogP contribution is -2.47. The summed E-state index contributed by atoms with van der Waals surface area (Å²) in [6.45, 7) is 2.67. The van der Waals surface area contributed by atoms with E-state index in [2.05, 4.69) is 10.3 Å². The number of nitrogens with one attached hydrogen (secondary N) is 1. The Morgan fingerprint density at radius 1 is 1.50 bits per heavy atom. The van der Waals surface area contributed by atoms with Gasteiger partial charge in [0.15, 0.2) is 0 Å². The van der Waals surface area contributed by atoms with Crippen LogP contribution >= 0.6 is 0 Å². The minimum atomic E-state index is -0.486. The lowest BCUT2D eigenvalue weighted by Gasteiger charge is -2.26. The van der Waals surface area contributed by atoms with Crippen LogP contribution in [-0.4, -0.2) is 42.2 Å². The van der Waals surface area contributed by atoms with E-state index in [1.807, 2.05) is 0 Å². The third-order valence-corrected chi connectivity index (χ3v) is 2.26. The molecule has 0 saturated carbocycles. The van der Waals surface area contributed by atoms with Crippen LogP contribution in [0.3, 0.4) is 0 Å². The van der Waals surface area contributed by atoms with Crippen LogP contribution in [0, 0.1) is 5.82 Å². The van der Waals surface area contributed by atoms with Crippen LogP contribution in [0.25, 0.3) is 0 Å². The zero-order valence-corrected chi connectivity index (χ0v) is 8.65. The van der Waals surface area contributed by atoms with E-state index in [1.54, 1.807) is 4.90 Å². The molecule has 1 N–H and O–H groups in total. The fourth-order valence-electron chi connectivity index (χ4n) is 1.44. The molecule has 6 heteroatoms. The molecular formula is C10H12FN3O2. The van der Waals surface area contributed by atoms with Crippen LogP contribution in [-0.2, 0) is 0 Å². The molecule has 2 heterocycles.